The van der Waals surface area contributed by atoms with Gasteiger partial charge in [-0.1, -0.05) is 20.8 Å². The van der Waals surface area contributed by atoms with Crippen molar-refractivity contribution in [3.8, 4) is 0 Å². The van der Waals surface area contributed by atoms with Gasteiger partial charge in [0.25, 0.3) is 0 Å². The van der Waals surface area contributed by atoms with Crippen LogP contribution in [0.3, 0.4) is 0 Å². The number of nitrogens with two attached hydrogens (primary N) is 1. The Morgan fingerprint density at radius 3 is 2.71 bits per heavy atom. The molecular formula is C10H14N4. The highest BCUT2D eigenvalue weighted by atomic mass is 15.3. The van der Waals surface area contributed by atoms with Gasteiger partial charge in [0.05, 0.1) is 11.2 Å². The summed E-state index contributed by atoms with van der Waals surface area (Å²) in [5.74, 6) is 0.318. The van der Waals surface area contributed by atoms with Crippen molar-refractivity contribution in [2.75, 3.05) is 5.73 Å². The number of hydrogen-bond donors (Lipinski definition) is 1. The topological polar surface area (TPSA) is 56.2 Å². The maximum Gasteiger partial charge on any atom is 0.238 e. The number of aromatic nitrogens is 3. The SMILES string of the molecule is CC(C)(C)c1nc(N)nn2cccc12. The van der Waals surface area contributed by atoms with Crippen LogP contribution in [0.2, 0.25) is 0 Å². The molecule has 4 nitrogen and oxygen atoms in total. The second kappa shape index (κ2) is 2.70. The molecule has 0 unspecified atom stereocenters. The molecule has 0 fully saturated rings. The van der Waals surface area contributed by atoms with Gasteiger partial charge in [-0.3, -0.25) is 0 Å². The van der Waals surface area contributed by atoms with Crippen LogP contribution < -0.4 is 5.73 Å². The number of fused-ring (bicyclic) bond motifs is 1. The van der Waals surface area contributed by atoms with Gasteiger partial charge in [0.15, 0.2) is 0 Å². The molecule has 2 aromatic heterocycles. The van der Waals surface area contributed by atoms with E-state index < -0.39 is 0 Å². The Morgan fingerprint density at radius 2 is 2.07 bits per heavy atom. The van der Waals surface area contributed by atoms with Crippen LogP contribution >= 0.6 is 0 Å². The van der Waals surface area contributed by atoms with Crippen LogP contribution in [-0.4, -0.2) is 14.6 Å². The van der Waals surface area contributed by atoms with E-state index in [4.69, 9.17) is 5.73 Å². The van der Waals surface area contributed by atoms with E-state index in [1.165, 1.54) is 0 Å². The number of anilines is 1. The van der Waals surface area contributed by atoms with Gasteiger partial charge in [-0.15, -0.1) is 5.10 Å². The van der Waals surface area contributed by atoms with Crippen molar-refractivity contribution in [2.24, 2.45) is 0 Å². The lowest BCUT2D eigenvalue weighted by Crippen LogP contribution is -2.17. The molecule has 74 valence electrons. The summed E-state index contributed by atoms with van der Waals surface area (Å²) in [5, 5.41) is 4.09. The van der Waals surface area contributed by atoms with Gasteiger partial charge >= 0.3 is 0 Å². The quantitative estimate of drug-likeness (QED) is 0.686. The lowest BCUT2D eigenvalue weighted by molar-refractivity contribution is 0.568. The highest BCUT2D eigenvalue weighted by Gasteiger charge is 2.20. The predicted octanol–water partition coefficient (Wildman–Crippen LogP) is 1.61. The lowest BCUT2D eigenvalue weighted by atomic mass is 9.91. The summed E-state index contributed by atoms with van der Waals surface area (Å²) in [6, 6.07) is 3.94. The molecular weight excluding hydrogens is 176 g/mol. The zero-order chi connectivity index (χ0) is 10.3. The van der Waals surface area contributed by atoms with Crippen molar-refractivity contribution in [3.05, 3.63) is 24.0 Å². The first-order chi connectivity index (χ1) is 6.48. The third-order valence-corrected chi connectivity index (χ3v) is 2.12. The molecule has 0 saturated carbocycles. The Balaban J connectivity index is 2.80. The van der Waals surface area contributed by atoms with Gasteiger partial charge in [0, 0.05) is 11.6 Å². The molecule has 4 heteroatoms. The average Bonchev–Trinajstić information content (AvgIpc) is 2.47. The summed E-state index contributed by atoms with van der Waals surface area (Å²) in [6.45, 7) is 6.34. The largest absolute Gasteiger partial charge is 0.367 e. The normalized spacial score (nSPS) is 12.2. The van der Waals surface area contributed by atoms with Crippen LogP contribution in [0.5, 0.6) is 0 Å². The van der Waals surface area contributed by atoms with E-state index >= 15 is 0 Å². The molecule has 2 aromatic rings. The molecule has 0 aliphatic heterocycles. The Labute approximate surface area is 82.8 Å². The second-order valence-electron chi connectivity index (χ2n) is 4.41. The fraction of sp³-hybridized carbons (Fsp3) is 0.400. The summed E-state index contributed by atoms with van der Waals surface area (Å²) in [5.41, 5.74) is 7.62. The summed E-state index contributed by atoms with van der Waals surface area (Å²) in [7, 11) is 0. The molecule has 0 aliphatic rings. The van der Waals surface area contributed by atoms with E-state index in [9.17, 15) is 0 Å². The van der Waals surface area contributed by atoms with Crippen molar-refractivity contribution in [3.63, 3.8) is 0 Å². The van der Waals surface area contributed by atoms with E-state index in [1.807, 2.05) is 18.3 Å². The van der Waals surface area contributed by atoms with E-state index in [0.29, 0.717) is 5.95 Å². The van der Waals surface area contributed by atoms with Crippen molar-refractivity contribution < 1.29 is 0 Å². The van der Waals surface area contributed by atoms with Crippen molar-refractivity contribution in [2.45, 2.75) is 26.2 Å². The molecule has 0 amide bonds. The van der Waals surface area contributed by atoms with E-state index in [2.05, 4.69) is 30.9 Å². The summed E-state index contributed by atoms with van der Waals surface area (Å²) in [6.07, 6.45) is 1.88. The molecule has 14 heavy (non-hydrogen) atoms. The van der Waals surface area contributed by atoms with E-state index in [0.717, 1.165) is 11.2 Å². The highest BCUT2D eigenvalue weighted by Crippen LogP contribution is 2.24. The summed E-state index contributed by atoms with van der Waals surface area (Å²) >= 11 is 0. The van der Waals surface area contributed by atoms with Gasteiger partial charge < -0.3 is 5.73 Å². The first kappa shape index (κ1) is 8.99. The summed E-state index contributed by atoms with van der Waals surface area (Å²) < 4.78 is 1.77. The van der Waals surface area contributed by atoms with Crippen molar-refractivity contribution >= 4 is 11.5 Å². The summed E-state index contributed by atoms with van der Waals surface area (Å²) in [4.78, 5) is 4.29. The monoisotopic (exact) mass is 190 g/mol. The fourth-order valence-corrected chi connectivity index (χ4v) is 1.50. The van der Waals surface area contributed by atoms with Gasteiger partial charge in [-0.2, -0.15) is 0 Å². The van der Waals surface area contributed by atoms with E-state index in [1.54, 1.807) is 4.52 Å². The van der Waals surface area contributed by atoms with Crippen molar-refractivity contribution in [1.82, 2.24) is 14.6 Å². The lowest BCUT2D eigenvalue weighted by Gasteiger charge is -2.18. The maximum atomic E-state index is 5.64. The Hall–Kier alpha value is -1.58. The highest BCUT2D eigenvalue weighted by molar-refractivity contribution is 5.55. The first-order valence-corrected chi connectivity index (χ1v) is 4.60. The Morgan fingerprint density at radius 1 is 1.36 bits per heavy atom. The molecule has 0 bridgehead atoms. The smallest absolute Gasteiger partial charge is 0.238 e. The van der Waals surface area contributed by atoms with Crippen LogP contribution in [-0.2, 0) is 5.41 Å². The van der Waals surface area contributed by atoms with Crippen LogP contribution in [0.1, 0.15) is 26.5 Å². The number of hydrogen-bond acceptors (Lipinski definition) is 3. The molecule has 0 radical (unpaired) electrons. The Kier molecular flexibility index (Phi) is 1.74. The zero-order valence-corrected chi connectivity index (χ0v) is 8.65. The maximum absolute atomic E-state index is 5.64. The average molecular weight is 190 g/mol. The first-order valence-electron chi connectivity index (χ1n) is 4.60. The molecule has 2 heterocycles. The Bertz CT molecular complexity index is 464. The number of rotatable bonds is 0. The molecule has 2 N–H and O–H groups in total. The minimum absolute atomic E-state index is 0.0172. The zero-order valence-electron chi connectivity index (χ0n) is 8.65. The third kappa shape index (κ3) is 1.32. The third-order valence-electron chi connectivity index (χ3n) is 2.12. The second-order valence-corrected chi connectivity index (χ2v) is 4.41. The van der Waals surface area contributed by atoms with Gasteiger partial charge in [-0.25, -0.2) is 9.50 Å². The molecule has 0 spiro atoms. The van der Waals surface area contributed by atoms with Crippen LogP contribution in [0.15, 0.2) is 18.3 Å². The predicted molar refractivity (Wildman–Crippen MR) is 56.1 cm³/mol. The van der Waals surface area contributed by atoms with Crippen molar-refractivity contribution in [1.29, 1.82) is 0 Å². The standard InChI is InChI=1S/C10H14N4/c1-10(2,3)8-7-5-4-6-14(7)13-9(11)12-8/h4-6H,1-3H3,(H2,11,13). The molecule has 0 atom stereocenters. The number of nitrogens with zero attached hydrogens (tertiary/aromatic N) is 3. The van der Waals surface area contributed by atoms with Gasteiger partial charge in [0.2, 0.25) is 5.95 Å². The molecule has 0 saturated heterocycles. The fourth-order valence-electron chi connectivity index (χ4n) is 1.50. The molecule has 0 aliphatic carbocycles. The van der Waals surface area contributed by atoms with Gasteiger partial charge in [0.1, 0.15) is 0 Å². The number of nitrogen functional groups attached to an aromatic ring is 1. The minimum Gasteiger partial charge on any atom is -0.367 e. The molecule has 0 aromatic carbocycles. The minimum atomic E-state index is -0.0172. The van der Waals surface area contributed by atoms with Crippen LogP contribution in [0.4, 0.5) is 5.95 Å². The van der Waals surface area contributed by atoms with Gasteiger partial charge in [-0.05, 0) is 12.1 Å². The van der Waals surface area contributed by atoms with Crippen LogP contribution in [0, 0.1) is 0 Å². The van der Waals surface area contributed by atoms with E-state index in [-0.39, 0.29) is 5.41 Å². The van der Waals surface area contributed by atoms with Crippen LogP contribution in [0.25, 0.3) is 5.52 Å². The molecule has 2 rings (SSSR count).